The number of methoxy groups -OCH3 is 1. The van der Waals surface area contributed by atoms with Crippen LogP contribution < -0.4 is 10.1 Å². The Balaban J connectivity index is 1.81. The molecule has 1 amide bonds. The zero-order valence-corrected chi connectivity index (χ0v) is 10.8. The number of carbonyl (C=O) groups excluding carboxylic acids is 1. The maximum atomic E-state index is 11.7. The van der Waals surface area contributed by atoms with Crippen molar-refractivity contribution in [2.75, 3.05) is 7.11 Å². The fraction of sp³-hybridized carbons (Fsp3) is 0.429. The Bertz CT molecular complexity index is 477. The van der Waals surface area contributed by atoms with Gasteiger partial charge < -0.3 is 15.2 Å². The number of carbonyl (C=O) groups is 2. The summed E-state index contributed by atoms with van der Waals surface area (Å²) in [6.07, 6.45) is 1.93. The van der Waals surface area contributed by atoms with Crippen LogP contribution in [0, 0.1) is 0 Å². The van der Waals surface area contributed by atoms with Gasteiger partial charge in [-0.05, 0) is 37.0 Å². The molecule has 0 unspecified atom stereocenters. The van der Waals surface area contributed by atoms with Crippen LogP contribution in [0.3, 0.4) is 0 Å². The first-order chi connectivity index (χ1) is 9.05. The van der Waals surface area contributed by atoms with Gasteiger partial charge in [-0.1, -0.05) is 12.1 Å². The zero-order chi connectivity index (χ0) is 13.9. The third kappa shape index (κ3) is 3.24. The van der Waals surface area contributed by atoms with Crippen molar-refractivity contribution in [1.29, 1.82) is 0 Å². The highest BCUT2D eigenvalue weighted by Gasteiger charge is 2.51. The second kappa shape index (κ2) is 5.30. The molecular formula is C14H17NO4. The minimum absolute atomic E-state index is 0.212. The molecule has 19 heavy (non-hydrogen) atoms. The average Bonchev–Trinajstić information content (AvgIpc) is 3.18. The number of carboxylic acid groups (broad SMARTS) is 1. The normalized spacial score (nSPS) is 15.6. The molecule has 1 saturated carbocycles. The number of ether oxygens (including phenoxy) is 1. The summed E-state index contributed by atoms with van der Waals surface area (Å²) in [6.45, 7) is 0. The van der Waals surface area contributed by atoms with Crippen LogP contribution >= 0.6 is 0 Å². The maximum Gasteiger partial charge on any atom is 0.329 e. The topological polar surface area (TPSA) is 75.6 Å². The number of amides is 1. The second-order valence-electron chi connectivity index (χ2n) is 4.78. The Hall–Kier alpha value is -2.04. The fourth-order valence-electron chi connectivity index (χ4n) is 1.90. The van der Waals surface area contributed by atoms with E-state index in [9.17, 15) is 9.59 Å². The summed E-state index contributed by atoms with van der Waals surface area (Å²) in [7, 11) is 1.60. The smallest absolute Gasteiger partial charge is 0.329 e. The van der Waals surface area contributed by atoms with Gasteiger partial charge in [0.2, 0.25) is 5.91 Å². The lowest BCUT2D eigenvalue weighted by Gasteiger charge is -2.12. The van der Waals surface area contributed by atoms with E-state index in [1.54, 1.807) is 7.11 Å². The molecule has 2 rings (SSSR count). The molecule has 1 aromatic carbocycles. The Kier molecular flexibility index (Phi) is 3.74. The number of hydrogen-bond donors (Lipinski definition) is 2. The Morgan fingerprint density at radius 1 is 1.32 bits per heavy atom. The van der Waals surface area contributed by atoms with E-state index >= 15 is 0 Å². The van der Waals surface area contributed by atoms with Crippen LogP contribution in [0.2, 0.25) is 0 Å². The molecule has 0 aromatic heterocycles. The number of carboxylic acids is 1. The summed E-state index contributed by atoms with van der Waals surface area (Å²) in [4.78, 5) is 22.6. The maximum absolute atomic E-state index is 11.7. The van der Waals surface area contributed by atoms with Gasteiger partial charge in [0.25, 0.3) is 0 Å². The van der Waals surface area contributed by atoms with E-state index in [0.29, 0.717) is 25.7 Å². The van der Waals surface area contributed by atoms with Crippen molar-refractivity contribution in [2.24, 2.45) is 0 Å². The number of nitrogens with one attached hydrogen (secondary N) is 1. The number of rotatable bonds is 6. The van der Waals surface area contributed by atoms with Gasteiger partial charge in [0.05, 0.1) is 7.11 Å². The highest BCUT2D eigenvalue weighted by atomic mass is 16.5. The van der Waals surface area contributed by atoms with Crippen LogP contribution in [0.25, 0.3) is 0 Å². The molecule has 1 fully saturated rings. The van der Waals surface area contributed by atoms with Crippen LogP contribution in [0.15, 0.2) is 24.3 Å². The van der Waals surface area contributed by atoms with E-state index in [1.807, 2.05) is 24.3 Å². The molecule has 102 valence electrons. The highest BCUT2D eigenvalue weighted by Crippen LogP contribution is 2.35. The lowest BCUT2D eigenvalue weighted by Crippen LogP contribution is -2.43. The van der Waals surface area contributed by atoms with Gasteiger partial charge in [-0.15, -0.1) is 0 Å². The third-order valence-corrected chi connectivity index (χ3v) is 3.34. The summed E-state index contributed by atoms with van der Waals surface area (Å²) in [6, 6.07) is 7.48. The van der Waals surface area contributed by atoms with Crippen molar-refractivity contribution in [3.05, 3.63) is 29.8 Å². The number of hydrogen-bond acceptors (Lipinski definition) is 3. The zero-order valence-electron chi connectivity index (χ0n) is 10.8. The van der Waals surface area contributed by atoms with E-state index in [-0.39, 0.29) is 5.91 Å². The lowest BCUT2D eigenvalue weighted by molar-refractivity contribution is -0.143. The molecule has 5 heteroatoms. The minimum atomic E-state index is -0.989. The van der Waals surface area contributed by atoms with E-state index in [1.165, 1.54) is 0 Å². The molecule has 0 bridgehead atoms. The van der Waals surface area contributed by atoms with E-state index in [4.69, 9.17) is 9.84 Å². The summed E-state index contributed by atoms with van der Waals surface area (Å²) in [5.41, 5.74) is 0.0351. The minimum Gasteiger partial charge on any atom is -0.497 e. The molecule has 5 nitrogen and oxygen atoms in total. The van der Waals surface area contributed by atoms with Crippen molar-refractivity contribution < 1.29 is 19.4 Å². The summed E-state index contributed by atoms with van der Waals surface area (Å²) in [5, 5.41) is 11.6. The molecule has 1 aliphatic rings. The molecule has 0 atom stereocenters. The predicted molar refractivity (Wildman–Crippen MR) is 69.1 cm³/mol. The van der Waals surface area contributed by atoms with Crippen LogP contribution in [0.5, 0.6) is 5.75 Å². The quantitative estimate of drug-likeness (QED) is 0.812. The third-order valence-electron chi connectivity index (χ3n) is 3.34. The lowest BCUT2D eigenvalue weighted by atomic mass is 10.1. The largest absolute Gasteiger partial charge is 0.497 e. The second-order valence-corrected chi connectivity index (χ2v) is 4.78. The Morgan fingerprint density at radius 3 is 2.42 bits per heavy atom. The Morgan fingerprint density at radius 2 is 1.95 bits per heavy atom. The molecule has 0 heterocycles. The van der Waals surface area contributed by atoms with Gasteiger partial charge >= 0.3 is 5.97 Å². The molecular weight excluding hydrogens is 246 g/mol. The molecule has 0 radical (unpaired) electrons. The van der Waals surface area contributed by atoms with Crippen LogP contribution in [0.1, 0.15) is 24.8 Å². The van der Waals surface area contributed by atoms with Gasteiger partial charge in [0.15, 0.2) is 0 Å². The van der Waals surface area contributed by atoms with Crippen molar-refractivity contribution >= 4 is 11.9 Å². The molecule has 0 spiro atoms. The number of aryl methyl sites for hydroxylation is 1. The van der Waals surface area contributed by atoms with Gasteiger partial charge in [0, 0.05) is 6.42 Å². The van der Waals surface area contributed by atoms with Crippen molar-refractivity contribution in [3.63, 3.8) is 0 Å². The standard InChI is InChI=1S/C14H17NO4/c1-19-11-5-2-10(3-6-11)4-7-12(16)15-14(8-9-14)13(17)18/h2-3,5-6H,4,7-9H2,1H3,(H,15,16)(H,17,18). The summed E-state index contributed by atoms with van der Waals surface area (Å²) < 4.78 is 5.05. The van der Waals surface area contributed by atoms with E-state index in [2.05, 4.69) is 5.32 Å². The highest BCUT2D eigenvalue weighted by molar-refractivity contribution is 5.89. The predicted octanol–water partition coefficient (Wildman–Crippen LogP) is 1.36. The number of aliphatic carboxylic acids is 1. The first-order valence-electron chi connectivity index (χ1n) is 6.23. The Labute approximate surface area is 111 Å². The average molecular weight is 263 g/mol. The van der Waals surface area contributed by atoms with Crippen LogP contribution in [0.4, 0.5) is 0 Å². The van der Waals surface area contributed by atoms with E-state index in [0.717, 1.165) is 11.3 Å². The van der Waals surface area contributed by atoms with E-state index < -0.39 is 11.5 Å². The van der Waals surface area contributed by atoms with Gasteiger partial charge in [-0.3, -0.25) is 4.79 Å². The van der Waals surface area contributed by atoms with Gasteiger partial charge in [-0.25, -0.2) is 4.79 Å². The van der Waals surface area contributed by atoms with Crippen molar-refractivity contribution in [1.82, 2.24) is 5.32 Å². The fourth-order valence-corrected chi connectivity index (χ4v) is 1.90. The molecule has 0 aliphatic heterocycles. The van der Waals surface area contributed by atoms with Crippen molar-refractivity contribution in [3.8, 4) is 5.75 Å². The van der Waals surface area contributed by atoms with Crippen LogP contribution in [-0.4, -0.2) is 29.6 Å². The SMILES string of the molecule is COc1ccc(CCC(=O)NC2(C(=O)O)CC2)cc1. The van der Waals surface area contributed by atoms with Gasteiger partial charge in [-0.2, -0.15) is 0 Å². The summed E-state index contributed by atoms with van der Waals surface area (Å²) >= 11 is 0. The molecule has 0 saturated heterocycles. The summed E-state index contributed by atoms with van der Waals surface area (Å²) in [5.74, 6) is -0.378. The number of benzene rings is 1. The molecule has 1 aliphatic carbocycles. The first kappa shape index (κ1) is 13.4. The first-order valence-corrected chi connectivity index (χ1v) is 6.23. The molecule has 1 aromatic rings. The van der Waals surface area contributed by atoms with Gasteiger partial charge in [0.1, 0.15) is 11.3 Å². The molecule has 2 N–H and O–H groups in total. The monoisotopic (exact) mass is 263 g/mol. The van der Waals surface area contributed by atoms with Crippen molar-refractivity contribution in [2.45, 2.75) is 31.2 Å². The van der Waals surface area contributed by atoms with Crippen LogP contribution in [-0.2, 0) is 16.0 Å².